The van der Waals surface area contributed by atoms with E-state index >= 15 is 0 Å². The molecule has 2 aromatic rings. The van der Waals surface area contributed by atoms with Crippen LogP contribution in [0.4, 0.5) is 11.4 Å². The normalized spacial score (nSPS) is 10.3. The zero-order chi connectivity index (χ0) is 14.5. The maximum atomic E-state index is 12.0. The molecule has 106 valence electrons. The zero-order valence-corrected chi connectivity index (χ0v) is 12.4. The first kappa shape index (κ1) is 14.3. The fourth-order valence-electron chi connectivity index (χ4n) is 1.83. The minimum Gasteiger partial charge on any atom is -0.399 e. The van der Waals surface area contributed by atoms with Crippen LogP contribution in [-0.4, -0.2) is 17.4 Å². The van der Waals surface area contributed by atoms with Crippen LogP contribution in [0.1, 0.15) is 27.2 Å². The number of amides is 1. The van der Waals surface area contributed by atoms with E-state index in [1.165, 1.54) is 0 Å². The molecular formula is C14H18N4OS. The Morgan fingerprint density at radius 2 is 2.25 bits per heavy atom. The summed E-state index contributed by atoms with van der Waals surface area (Å²) in [4.78, 5) is 17.3. The van der Waals surface area contributed by atoms with Crippen LogP contribution in [0.2, 0.25) is 0 Å². The predicted octanol–water partition coefficient (Wildman–Crippen LogP) is 2.40. The fourth-order valence-corrected chi connectivity index (χ4v) is 2.57. The highest BCUT2D eigenvalue weighted by molar-refractivity contribution is 7.11. The molecule has 1 aromatic carbocycles. The quantitative estimate of drug-likeness (QED) is 0.739. The van der Waals surface area contributed by atoms with Gasteiger partial charge in [-0.3, -0.25) is 4.79 Å². The van der Waals surface area contributed by atoms with Crippen LogP contribution in [0.5, 0.6) is 0 Å². The van der Waals surface area contributed by atoms with Crippen LogP contribution in [0.15, 0.2) is 24.4 Å². The van der Waals surface area contributed by atoms with Crippen LogP contribution >= 0.6 is 11.3 Å². The van der Waals surface area contributed by atoms with Crippen LogP contribution in [-0.2, 0) is 6.54 Å². The third-order valence-electron chi connectivity index (χ3n) is 2.75. The first-order valence-corrected chi connectivity index (χ1v) is 7.24. The molecule has 5 nitrogen and oxygen atoms in total. The molecule has 0 spiro atoms. The molecule has 0 bridgehead atoms. The first-order valence-electron chi connectivity index (χ1n) is 6.43. The summed E-state index contributed by atoms with van der Waals surface area (Å²) in [5.74, 6) is -0.101. The average Bonchev–Trinajstić information content (AvgIpc) is 2.82. The van der Waals surface area contributed by atoms with Gasteiger partial charge in [-0.05, 0) is 32.0 Å². The molecule has 1 amide bonds. The van der Waals surface area contributed by atoms with Gasteiger partial charge in [-0.1, -0.05) is 0 Å². The summed E-state index contributed by atoms with van der Waals surface area (Å²) in [6.45, 7) is 5.08. The highest BCUT2D eigenvalue weighted by Crippen LogP contribution is 2.21. The number of hydrogen-bond donors (Lipinski definition) is 3. The maximum absolute atomic E-state index is 12.0. The number of nitrogens with one attached hydrogen (secondary N) is 2. The van der Waals surface area contributed by atoms with Crippen molar-refractivity contribution in [3.63, 3.8) is 0 Å². The van der Waals surface area contributed by atoms with Gasteiger partial charge in [0.05, 0.1) is 17.1 Å². The number of thiazole rings is 1. The Morgan fingerprint density at radius 3 is 2.90 bits per heavy atom. The third kappa shape index (κ3) is 3.48. The van der Waals surface area contributed by atoms with Gasteiger partial charge in [0.1, 0.15) is 0 Å². The Morgan fingerprint density at radius 1 is 1.45 bits per heavy atom. The second-order valence-corrected chi connectivity index (χ2v) is 5.68. The SMILES string of the molecule is CCNC(=O)c1ccc(N)cc1NCc1cnc(C)s1. The van der Waals surface area contributed by atoms with Gasteiger partial charge < -0.3 is 16.4 Å². The molecule has 0 saturated heterocycles. The van der Waals surface area contributed by atoms with Gasteiger partial charge in [0.15, 0.2) is 0 Å². The molecular weight excluding hydrogens is 272 g/mol. The van der Waals surface area contributed by atoms with Gasteiger partial charge in [0.2, 0.25) is 0 Å². The number of nitrogens with zero attached hydrogens (tertiary/aromatic N) is 1. The molecule has 6 heteroatoms. The zero-order valence-electron chi connectivity index (χ0n) is 11.6. The summed E-state index contributed by atoms with van der Waals surface area (Å²) in [5.41, 5.74) is 7.76. The minimum atomic E-state index is -0.101. The van der Waals surface area contributed by atoms with E-state index in [-0.39, 0.29) is 5.91 Å². The number of aryl methyl sites for hydroxylation is 1. The van der Waals surface area contributed by atoms with E-state index in [9.17, 15) is 4.79 Å². The number of anilines is 2. The van der Waals surface area contributed by atoms with E-state index in [0.29, 0.717) is 24.3 Å². The van der Waals surface area contributed by atoms with E-state index in [4.69, 9.17) is 5.73 Å². The van der Waals surface area contributed by atoms with Crippen LogP contribution in [0.25, 0.3) is 0 Å². The van der Waals surface area contributed by atoms with E-state index in [0.717, 1.165) is 15.6 Å². The molecule has 0 aliphatic heterocycles. The molecule has 1 heterocycles. The molecule has 0 aliphatic rings. The summed E-state index contributed by atoms with van der Waals surface area (Å²) < 4.78 is 0. The maximum Gasteiger partial charge on any atom is 0.253 e. The monoisotopic (exact) mass is 290 g/mol. The molecule has 0 radical (unpaired) electrons. The topological polar surface area (TPSA) is 80.0 Å². The highest BCUT2D eigenvalue weighted by atomic mass is 32.1. The largest absolute Gasteiger partial charge is 0.399 e. The standard InChI is InChI=1S/C14H18N4OS/c1-3-16-14(19)12-5-4-10(15)6-13(12)18-8-11-7-17-9(2)20-11/h4-7,18H,3,8,15H2,1-2H3,(H,16,19). The van der Waals surface area contributed by atoms with Crippen molar-refractivity contribution in [2.24, 2.45) is 0 Å². The molecule has 0 fully saturated rings. The summed E-state index contributed by atoms with van der Waals surface area (Å²) in [6, 6.07) is 5.24. The van der Waals surface area contributed by atoms with E-state index in [1.807, 2.05) is 20.0 Å². The number of carbonyl (C=O) groups is 1. The number of hydrogen-bond acceptors (Lipinski definition) is 5. The molecule has 1 aromatic heterocycles. The van der Waals surface area contributed by atoms with Gasteiger partial charge in [-0.15, -0.1) is 11.3 Å². The lowest BCUT2D eigenvalue weighted by molar-refractivity contribution is 0.0956. The number of nitrogen functional groups attached to an aromatic ring is 1. The summed E-state index contributed by atoms with van der Waals surface area (Å²) >= 11 is 1.63. The van der Waals surface area contributed by atoms with Crippen molar-refractivity contribution in [3.8, 4) is 0 Å². The molecule has 4 N–H and O–H groups in total. The van der Waals surface area contributed by atoms with Crippen molar-refractivity contribution in [1.29, 1.82) is 0 Å². The van der Waals surface area contributed by atoms with Crippen LogP contribution in [0, 0.1) is 6.92 Å². The Balaban J connectivity index is 2.16. The lowest BCUT2D eigenvalue weighted by Crippen LogP contribution is -2.23. The first-order chi connectivity index (χ1) is 9.60. The van der Waals surface area contributed by atoms with Gasteiger partial charge in [-0.25, -0.2) is 4.98 Å². The summed E-state index contributed by atoms with van der Waals surface area (Å²) in [6.07, 6.45) is 1.84. The van der Waals surface area contributed by atoms with Gasteiger partial charge in [0, 0.05) is 29.0 Å². The second-order valence-electron chi connectivity index (χ2n) is 4.36. The summed E-state index contributed by atoms with van der Waals surface area (Å²) in [7, 11) is 0. The molecule has 2 rings (SSSR count). The predicted molar refractivity (Wildman–Crippen MR) is 83.0 cm³/mol. The minimum absolute atomic E-state index is 0.101. The molecule has 0 unspecified atom stereocenters. The van der Waals surface area contributed by atoms with Crippen molar-refractivity contribution >= 4 is 28.6 Å². The van der Waals surface area contributed by atoms with E-state index in [2.05, 4.69) is 15.6 Å². The van der Waals surface area contributed by atoms with E-state index < -0.39 is 0 Å². The average molecular weight is 290 g/mol. The van der Waals surface area contributed by atoms with Crippen molar-refractivity contribution in [2.75, 3.05) is 17.6 Å². The smallest absolute Gasteiger partial charge is 0.253 e. The Labute approximate surface area is 122 Å². The third-order valence-corrected chi connectivity index (χ3v) is 3.66. The van der Waals surface area contributed by atoms with Crippen molar-refractivity contribution < 1.29 is 4.79 Å². The van der Waals surface area contributed by atoms with Crippen LogP contribution in [0.3, 0.4) is 0 Å². The van der Waals surface area contributed by atoms with Gasteiger partial charge in [0.25, 0.3) is 5.91 Å². The van der Waals surface area contributed by atoms with Crippen molar-refractivity contribution in [3.05, 3.63) is 39.8 Å². The van der Waals surface area contributed by atoms with Crippen LogP contribution < -0.4 is 16.4 Å². The van der Waals surface area contributed by atoms with Gasteiger partial charge >= 0.3 is 0 Å². The fraction of sp³-hybridized carbons (Fsp3) is 0.286. The Bertz CT molecular complexity index is 609. The lowest BCUT2D eigenvalue weighted by atomic mass is 10.1. The van der Waals surface area contributed by atoms with Gasteiger partial charge in [-0.2, -0.15) is 0 Å². The molecule has 0 aliphatic carbocycles. The van der Waals surface area contributed by atoms with Crippen molar-refractivity contribution in [1.82, 2.24) is 10.3 Å². The number of rotatable bonds is 5. The Kier molecular flexibility index (Phi) is 4.57. The van der Waals surface area contributed by atoms with Crippen molar-refractivity contribution in [2.45, 2.75) is 20.4 Å². The summed E-state index contributed by atoms with van der Waals surface area (Å²) in [5, 5.41) is 7.07. The number of nitrogens with two attached hydrogens (primary N) is 1. The highest BCUT2D eigenvalue weighted by Gasteiger charge is 2.11. The number of benzene rings is 1. The van der Waals surface area contributed by atoms with E-state index in [1.54, 1.807) is 29.5 Å². The lowest BCUT2D eigenvalue weighted by Gasteiger charge is -2.12. The second kappa shape index (κ2) is 6.38. The number of carbonyl (C=O) groups excluding carboxylic acids is 1. The molecule has 0 saturated carbocycles. The molecule has 0 atom stereocenters. The number of aromatic nitrogens is 1. The Hall–Kier alpha value is -2.08. The molecule has 20 heavy (non-hydrogen) atoms.